The molecule has 0 N–H and O–H groups in total. The molecule has 0 spiro atoms. The molecule has 164 valence electrons. The average molecular weight is 393 g/mol. The number of hydrogen-bond donors (Lipinski definition) is 0. The van der Waals surface area contributed by atoms with Crippen molar-refractivity contribution in [3.8, 4) is 0 Å². The van der Waals surface area contributed by atoms with Gasteiger partial charge in [-0.2, -0.15) is 0 Å². The van der Waals surface area contributed by atoms with Crippen molar-refractivity contribution in [2.45, 2.75) is 129 Å². The van der Waals surface area contributed by atoms with Crippen molar-refractivity contribution in [3.05, 3.63) is 0 Å². The lowest BCUT2D eigenvalue weighted by Crippen LogP contribution is -2.38. The third-order valence-electron chi connectivity index (χ3n) is 8.14. The van der Waals surface area contributed by atoms with E-state index in [2.05, 4.69) is 13.8 Å². The Balaban J connectivity index is 1.71. The number of unbranched alkanes of at least 4 members (excludes halogenated alkanes) is 6. The van der Waals surface area contributed by atoms with Crippen molar-refractivity contribution in [1.82, 2.24) is 0 Å². The summed E-state index contributed by atoms with van der Waals surface area (Å²) in [6, 6.07) is 0. The molecule has 2 aliphatic rings. The molecule has 0 saturated heterocycles. The van der Waals surface area contributed by atoms with Crippen molar-refractivity contribution in [3.63, 3.8) is 0 Å². The SMILES string of the molecule is CCCCCCCC1CCC(C2CCC(CCCCC)(C(=O)OC)CC2)CC1. The van der Waals surface area contributed by atoms with Gasteiger partial charge in [0.15, 0.2) is 0 Å². The quantitative estimate of drug-likeness (QED) is 0.248. The van der Waals surface area contributed by atoms with E-state index in [-0.39, 0.29) is 11.4 Å². The van der Waals surface area contributed by atoms with Gasteiger partial charge in [0, 0.05) is 0 Å². The topological polar surface area (TPSA) is 26.3 Å². The van der Waals surface area contributed by atoms with E-state index in [1.54, 1.807) is 7.11 Å². The summed E-state index contributed by atoms with van der Waals surface area (Å²) in [5.41, 5.74) is -0.157. The van der Waals surface area contributed by atoms with Gasteiger partial charge in [-0.3, -0.25) is 4.79 Å². The first-order valence-electron chi connectivity index (χ1n) is 12.7. The van der Waals surface area contributed by atoms with Crippen molar-refractivity contribution in [1.29, 1.82) is 0 Å². The van der Waals surface area contributed by atoms with Crippen molar-refractivity contribution in [2.75, 3.05) is 7.11 Å². The third kappa shape index (κ3) is 7.06. The normalized spacial score (nSPS) is 30.9. The predicted molar refractivity (Wildman–Crippen MR) is 119 cm³/mol. The van der Waals surface area contributed by atoms with Crippen LogP contribution in [-0.4, -0.2) is 13.1 Å². The standard InChI is InChI=1S/C26H48O2/c1-4-6-8-9-10-12-22-13-15-23(16-14-22)24-17-20-26(21-18-24,25(27)28-3)19-11-7-5-2/h22-24H,4-21H2,1-3H3. The molecule has 0 aromatic heterocycles. The molecule has 2 heteroatoms. The van der Waals surface area contributed by atoms with Crippen LogP contribution in [0.4, 0.5) is 0 Å². The second-order valence-electron chi connectivity index (χ2n) is 10.1. The van der Waals surface area contributed by atoms with Crippen molar-refractivity contribution < 1.29 is 9.53 Å². The Labute approximate surface area is 175 Å². The Morgan fingerprint density at radius 1 is 0.786 bits per heavy atom. The summed E-state index contributed by atoms with van der Waals surface area (Å²) in [5.74, 6) is 2.88. The smallest absolute Gasteiger partial charge is 0.311 e. The van der Waals surface area contributed by atoms with Crippen LogP contribution in [0.2, 0.25) is 0 Å². The molecule has 0 amide bonds. The first-order valence-corrected chi connectivity index (χ1v) is 12.7. The molecular formula is C26H48O2. The van der Waals surface area contributed by atoms with Crippen LogP contribution in [0.15, 0.2) is 0 Å². The van der Waals surface area contributed by atoms with Gasteiger partial charge in [-0.1, -0.05) is 84.5 Å². The summed E-state index contributed by atoms with van der Waals surface area (Å²) in [5, 5.41) is 0. The largest absolute Gasteiger partial charge is 0.469 e. The summed E-state index contributed by atoms with van der Waals surface area (Å²) in [7, 11) is 1.58. The zero-order valence-electron chi connectivity index (χ0n) is 19.3. The van der Waals surface area contributed by atoms with E-state index in [0.29, 0.717) is 0 Å². The molecular weight excluding hydrogens is 344 g/mol. The van der Waals surface area contributed by atoms with Gasteiger partial charge in [0.2, 0.25) is 0 Å². The molecule has 2 fully saturated rings. The van der Waals surface area contributed by atoms with Crippen molar-refractivity contribution in [2.24, 2.45) is 23.2 Å². The lowest BCUT2D eigenvalue weighted by molar-refractivity contribution is -0.156. The highest BCUT2D eigenvalue weighted by molar-refractivity contribution is 5.76. The summed E-state index contributed by atoms with van der Waals surface area (Å²) < 4.78 is 5.24. The van der Waals surface area contributed by atoms with E-state index < -0.39 is 0 Å². The summed E-state index contributed by atoms with van der Waals surface area (Å²) in [6.07, 6.45) is 23.8. The Bertz CT molecular complexity index is 414. The van der Waals surface area contributed by atoms with Gasteiger partial charge in [0.25, 0.3) is 0 Å². The number of hydrogen-bond acceptors (Lipinski definition) is 2. The van der Waals surface area contributed by atoms with Crippen molar-refractivity contribution >= 4 is 5.97 Å². The third-order valence-corrected chi connectivity index (χ3v) is 8.14. The number of esters is 1. The fraction of sp³-hybridized carbons (Fsp3) is 0.962. The van der Waals surface area contributed by atoms with Crippen LogP contribution < -0.4 is 0 Å². The second-order valence-corrected chi connectivity index (χ2v) is 10.1. The fourth-order valence-electron chi connectivity index (χ4n) is 6.14. The van der Waals surface area contributed by atoms with Crippen LogP contribution >= 0.6 is 0 Å². The maximum Gasteiger partial charge on any atom is 0.311 e. The van der Waals surface area contributed by atoms with Crippen LogP contribution in [0.5, 0.6) is 0 Å². The lowest BCUT2D eigenvalue weighted by Gasteiger charge is -2.42. The van der Waals surface area contributed by atoms with Gasteiger partial charge in [0.1, 0.15) is 0 Å². The molecule has 0 bridgehead atoms. The number of carbonyl (C=O) groups is 1. The molecule has 0 radical (unpaired) electrons. The molecule has 2 aliphatic carbocycles. The van der Waals surface area contributed by atoms with E-state index >= 15 is 0 Å². The van der Waals surface area contributed by atoms with E-state index in [9.17, 15) is 4.79 Å². The van der Waals surface area contributed by atoms with E-state index in [1.165, 1.54) is 96.3 Å². The molecule has 0 aromatic carbocycles. The summed E-state index contributed by atoms with van der Waals surface area (Å²) in [6.45, 7) is 4.54. The summed E-state index contributed by atoms with van der Waals surface area (Å²) >= 11 is 0. The highest BCUT2D eigenvalue weighted by atomic mass is 16.5. The molecule has 0 heterocycles. The maximum absolute atomic E-state index is 12.6. The van der Waals surface area contributed by atoms with Crippen LogP contribution in [0.25, 0.3) is 0 Å². The number of rotatable bonds is 12. The molecule has 0 aromatic rings. The van der Waals surface area contributed by atoms with Crippen LogP contribution in [-0.2, 0) is 9.53 Å². The minimum atomic E-state index is -0.157. The Kier molecular flexibility index (Phi) is 10.9. The molecule has 0 aliphatic heterocycles. The first kappa shape index (κ1) is 23.7. The Hall–Kier alpha value is -0.530. The fourth-order valence-corrected chi connectivity index (χ4v) is 6.14. The minimum Gasteiger partial charge on any atom is -0.469 e. The molecule has 2 saturated carbocycles. The Morgan fingerprint density at radius 3 is 1.96 bits per heavy atom. The highest BCUT2D eigenvalue weighted by Crippen LogP contribution is 2.48. The first-order chi connectivity index (χ1) is 13.6. The molecule has 0 atom stereocenters. The number of carbonyl (C=O) groups excluding carboxylic acids is 1. The van der Waals surface area contributed by atoms with Gasteiger partial charge in [-0.05, 0) is 62.7 Å². The monoisotopic (exact) mass is 392 g/mol. The van der Waals surface area contributed by atoms with Crippen LogP contribution in [0.3, 0.4) is 0 Å². The predicted octanol–water partition coefficient (Wildman–Crippen LogP) is 8.08. The number of ether oxygens (including phenoxy) is 1. The Morgan fingerprint density at radius 2 is 1.36 bits per heavy atom. The van der Waals surface area contributed by atoms with E-state index in [1.807, 2.05) is 0 Å². The van der Waals surface area contributed by atoms with Gasteiger partial charge >= 0.3 is 5.97 Å². The molecule has 2 rings (SSSR count). The zero-order chi connectivity index (χ0) is 20.2. The molecule has 0 unspecified atom stereocenters. The lowest BCUT2D eigenvalue weighted by atomic mass is 9.63. The average Bonchev–Trinajstić information content (AvgIpc) is 2.74. The van der Waals surface area contributed by atoms with E-state index in [0.717, 1.165) is 37.0 Å². The van der Waals surface area contributed by atoms with Gasteiger partial charge < -0.3 is 4.74 Å². The van der Waals surface area contributed by atoms with Gasteiger partial charge in [-0.25, -0.2) is 0 Å². The van der Waals surface area contributed by atoms with Gasteiger partial charge in [-0.15, -0.1) is 0 Å². The van der Waals surface area contributed by atoms with Crippen LogP contribution in [0.1, 0.15) is 129 Å². The molecule has 2 nitrogen and oxygen atoms in total. The maximum atomic E-state index is 12.6. The van der Waals surface area contributed by atoms with Crippen LogP contribution in [0, 0.1) is 23.2 Å². The number of methoxy groups -OCH3 is 1. The second kappa shape index (κ2) is 12.9. The molecule has 28 heavy (non-hydrogen) atoms. The highest BCUT2D eigenvalue weighted by Gasteiger charge is 2.43. The minimum absolute atomic E-state index is 0.0776. The van der Waals surface area contributed by atoms with Gasteiger partial charge in [0.05, 0.1) is 12.5 Å². The zero-order valence-corrected chi connectivity index (χ0v) is 19.3. The summed E-state index contributed by atoms with van der Waals surface area (Å²) in [4.78, 5) is 12.6. The van der Waals surface area contributed by atoms with E-state index in [4.69, 9.17) is 4.74 Å².